The summed E-state index contributed by atoms with van der Waals surface area (Å²) in [6, 6.07) is 3.03. The van der Waals surface area contributed by atoms with Crippen LogP contribution in [0, 0.1) is 21.2 Å². The number of hydrogen-bond donors (Lipinski definition) is 2. The standard InChI is InChI=1S/C21H21FIN3O4/c1-3-21(29)12-5-15-17-9(7-26(15)19(27)11(12)8-30-20(21)28)4-10-14(25-17)6-13(22)16(23)18(10)24-2/h4,6,11-12,15,24,29H,3,5,7-8H2,1-2H3/t11?,12?,15?,21-/m0/s1. The molecule has 0 spiro atoms. The minimum absolute atomic E-state index is 0.00702. The van der Waals surface area contributed by atoms with E-state index in [9.17, 15) is 19.1 Å². The normalized spacial score (nSPS) is 30.0. The fourth-order valence-electron chi connectivity index (χ4n) is 5.24. The Bertz CT molecular complexity index is 1110. The molecule has 1 aromatic heterocycles. The highest BCUT2D eigenvalue weighted by Gasteiger charge is 2.59. The summed E-state index contributed by atoms with van der Waals surface area (Å²) in [5.41, 5.74) is 1.14. The van der Waals surface area contributed by atoms with Crippen LogP contribution in [0.5, 0.6) is 0 Å². The number of carbonyl (C=O) groups excluding carboxylic acids is 2. The van der Waals surface area contributed by atoms with E-state index in [0.29, 0.717) is 33.4 Å². The zero-order valence-corrected chi connectivity index (χ0v) is 18.7. The molecule has 9 heteroatoms. The molecule has 0 bridgehead atoms. The monoisotopic (exact) mass is 525 g/mol. The number of piperidine rings is 1. The summed E-state index contributed by atoms with van der Waals surface area (Å²) in [5.74, 6) is -2.23. The van der Waals surface area contributed by atoms with Crippen LogP contribution in [-0.2, 0) is 20.9 Å². The molecule has 3 unspecified atom stereocenters. The van der Waals surface area contributed by atoms with E-state index in [2.05, 4.69) is 5.32 Å². The van der Waals surface area contributed by atoms with E-state index in [1.54, 1.807) is 18.9 Å². The van der Waals surface area contributed by atoms with Gasteiger partial charge in [-0.1, -0.05) is 6.92 Å². The zero-order chi connectivity index (χ0) is 21.4. The highest BCUT2D eigenvalue weighted by atomic mass is 127. The lowest BCUT2D eigenvalue weighted by Gasteiger charge is -2.48. The maximum absolute atomic E-state index is 14.4. The van der Waals surface area contributed by atoms with Gasteiger partial charge in [0.2, 0.25) is 5.91 Å². The van der Waals surface area contributed by atoms with Crippen molar-refractivity contribution in [2.45, 2.75) is 38.0 Å². The highest BCUT2D eigenvalue weighted by molar-refractivity contribution is 14.1. The molecule has 3 aliphatic rings. The van der Waals surface area contributed by atoms with E-state index < -0.39 is 23.4 Å². The van der Waals surface area contributed by atoms with Crippen molar-refractivity contribution in [2.75, 3.05) is 19.0 Å². The number of esters is 1. The summed E-state index contributed by atoms with van der Waals surface area (Å²) in [6.45, 7) is 2.12. The number of fused-ring (bicyclic) bond motifs is 5. The van der Waals surface area contributed by atoms with E-state index in [1.165, 1.54) is 6.07 Å². The second-order valence-electron chi connectivity index (χ2n) is 8.20. The molecule has 2 saturated heterocycles. The van der Waals surface area contributed by atoms with Crippen LogP contribution in [0.3, 0.4) is 0 Å². The predicted molar refractivity (Wildman–Crippen MR) is 115 cm³/mol. The van der Waals surface area contributed by atoms with Crippen molar-refractivity contribution in [2.24, 2.45) is 11.8 Å². The SMILES string of the molecule is CC[C@@]1(O)C(=O)OCC2C(=O)N3Cc4cc5c(NC)c(I)c(F)cc5nc4C3CC21. The number of hydrogen-bond acceptors (Lipinski definition) is 6. The maximum Gasteiger partial charge on any atom is 0.338 e. The number of benzene rings is 1. The van der Waals surface area contributed by atoms with Gasteiger partial charge in [0, 0.05) is 31.0 Å². The first kappa shape index (κ1) is 19.9. The van der Waals surface area contributed by atoms with Crippen molar-refractivity contribution in [3.8, 4) is 0 Å². The molecule has 5 rings (SSSR count). The van der Waals surface area contributed by atoms with Crippen molar-refractivity contribution in [1.82, 2.24) is 9.88 Å². The van der Waals surface area contributed by atoms with E-state index in [1.807, 2.05) is 28.7 Å². The number of nitrogens with zero attached hydrogens (tertiary/aromatic N) is 2. The Morgan fingerprint density at radius 2 is 2.20 bits per heavy atom. The van der Waals surface area contributed by atoms with Crippen LogP contribution < -0.4 is 5.32 Å². The molecule has 0 radical (unpaired) electrons. The molecule has 2 N–H and O–H groups in total. The van der Waals surface area contributed by atoms with Gasteiger partial charge in [-0.3, -0.25) is 9.78 Å². The lowest BCUT2D eigenvalue weighted by atomic mass is 9.69. The van der Waals surface area contributed by atoms with Crippen LogP contribution in [0.2, 0.25) is 0 Å². The molecule has 4 atom stereocenters. The Morgan fingerprint density at radius 1 is 1.43 bits per heavy atom. The number of pyridine rings is 1. The fourth-order valence-corrected chi connectivity index (χ4v) is 5.96. The Kier molecular flexibility index (Phi) is 4.48. The smallest absolute Gasteiger partial charge is 0.338 e. The predicted octanol–water partition coefficient (Wildman–Crippen LogP) is 2.74. The quantitative estimate of drug-likeness (QED) is 0.463. The van der Waals surface area contributed by atoms with Gasteiger partial charge in [0.1, 0.15) is 12.4 Å². The average Bonchev–Trinajstić information content (AvgIpc) is 3.09. The summed E-state index contributed by atoms with van der Waals surface area (Å²) >= 11 is 1.97. The number of cyclic esters (lactones) is 1. The third-order valence-electron chi connectivity index (χ3n) is 6.87. The van der Waals surface area contributed by atoms with E-state index in [4.69, 9.17) is 9.72 Å². The number of carbonyl (C=O) groups is 2. The second-order valence-corrected chi connectivity index (χ2v) is 9.28. The zero-order valence-electron chi connectivity index (χ0n) is 16.5. The third kappa shape index (κ3) is 2.54. The van der Waals surface area contributed by atoms with Crippen LogP contribution in [-0.4, -0.2) is 46.1 Å². The number of nitrogens with one attached hydrogen (secondary N) is 1. The third-order valence-corrected chi connectivity index (χ3v) is 7.93. The van der Waals surface area contributed by atoms with E-state index in [-0.39, 0.29) is 30.8 Å². The van der Waals surface area contributed by atoms with Gasteiger partial charge in [-0.15, -0.1) is 0 Å². The van der Waals surface area contributed by atoms with Crippen LogP contribution >= 0.6 is 22.6 Å². The van der Waals surface area contributed by atoms with Crippen molar-refractivity contribution in [3.05, 3.63) is 32.8 Å². The second kappa shape index (κ2) is 6.74. The topological polar surface area (TPSA) is 91.8 Å². The summed E-state index contributed by atoms with van der Waals surface area (Å²) < 4.78 is 20.1. The van der Waals surface area contributed by atoms with Crippen molar-refractivity contribution in [1.29, 1.82) is 0 Å². The highest BCUT2D eigenvalue weighted by Crippen LogP contribution is 2.50. The van der Waals surface area contributed by atoms with Gasteiger partial charge >= 0.3 is 5.97 Å². The molecule has 4 heterocycles. The number of aliphatic hydroxyl groups is 1. The minimum atomic E-state index is -1.67. The summed E-state index contributed by atoms with van der Waals surface area (Å²) in [5, 5.41) is 14.9. The Balaban J connectivity index is 1.63. The van der Waals surface area contributed by atoms with Crippen LogP contribution in [0.15, 0.2) is 12.1 Å². The summed E-state index contributed by atoms with van der Waals surface area (Å²) in [6.07, 6.45) is 0.604. The molecule has 2 aromatic rings. The lowest BCUT2D eigenvalue weighted by Crippen LogP contribution is -2.61. The molecule has 158 valence electrons. The molecular weight excluding hydrogens is 504 g/mol. The molecule has 3 aliphatic heterocycles. The molecule has 1 amide bonds. The molecule has 30 heavy (non-hydrogen) atoms. The van der Waals surface area contributed by atoms with Gasteiger partial charge in [0.05, 0.1) is 32.4 Å². The van der Waals surface area contributed by atoms with E-state index in [0.717, 1.165) is 10.9 Å². The Hall–Kier alpha value is -2.01. The van der Waals surface area contributed by atoms with Crippen molar-refractivity contribution in [3.63, 3.8) is 0 Å². The molecule has 1 aromatic carbocycles. The molecule has 2 fully saturated rings. The Morgan fingerprint density at radius 3 is 2.90 bits per heavy atom. The number of rotatable bonds is 2. The number of amides is 1. The Labute approximate surface area is 186 Å². The minimum Gasteiger partial charge on any atom is -0.463 e. The van der Waals surface area contributed by atoms with Crippen molar-refractivity contribution >= 4 is 51.1 Å². The van der Waals surface area contributed by atoms with Crippen LogP contribution in [0.25, 0.3) is 10.9 Å². The fraction of sp³-hybridized carbons (Fsp3) is 0.476. The van der Waals surface area contributed by atoms with E-state index >= 15 is 0 Å². The molecule has 0 aliphatic carbocycles. The first-order valence-corrected chi connectivity index (χ1v) is 11.1. The number of ether oxygens (including phenoxy) is 1. The van der Waals surface area contributed by atoms with Gasteiger partial charge in [0.15, 0.2) is 5.60 Å². The molecular formula is C21H21FIN3O4. The first-order valence-electron chi connectivity index (χ1n) is 9.99. The largest absolute Gasteiger partial charge is 0.463 e. The lowest BCUT2D eigenvalue weighted by molar-refractivity contribution is -0.202. The van der Waals surface area contributed by atoms with Gasteiger partial charge in [-0.05, 0) is 47.1 Å². The van der Waals surface area contributed by atoms with Crippen LogP contribution in [0.4, 0.5) is 10.1 Å². The van der Waals surface area contributed by atoms with Gasteiger partial charge in [0.25, 0.3) is 0 Å². The number of halogens is 2. The average molecular weight is 525 g/mol. The maximum atomic E-state index is 14.4. The summed E-state index contributed by atoms with van der Waals surface area (Å²) in [4.78, 5) is 32.1. The number of anilines is 1. The van der Waals surface area contributed by atoms with Crippen molar-refractivity contribution < 1.29 is 23.8 Å². The summed E-state index contributed by atoms with van der Waals surface area (Å²) in [7, 11) is 1.74. The van der Waals surface area contributed by atoms with Crippen LogP contribution in [0.1, 0.15) is 37.1 Å². The van der Waals surface area contributed by atoms with Gasteiger partial charge in [-0.2, -0.15) is 0 Å². The molecule has 7 nitrogen and oxygen atoms in total. The van der Waals surface area contributed by atoms with Gasteiger partial charge < -0.3 is 20.1 Å². The number of aromatic nitrogens is 1. The first-order chi connectivity index (χ1) is 14.3. The van der Waals surface area contributed by atoms with Gasteiger partial charge in [-0.25, -0.2) is 9.18 Å². The molecule has 0 saturated carbocycles.